The molecule has 0 aliphatic carbocycles. The second-order valence-electron chi connectivity index (χ2n) is 5.73. The van der Waals surface area contributed by atoms with E-state index in [1.807, 2.05) is 12.1 Å². The van der Waals surface area contributed by atoms with Gasteiger partial charge in [-0.2, -0.15) is 5.10 Å². The van der Waals surface area contributed by atoms with Gasteiger partial charge < -0.3 is 4.74 Å². The monoisotopic (exact) mass is 494 g/mol. The van der Waals surface area contributed by atoms with Gasteiger partial charge in [0.2, 0.25) is 5.82 Å². The summed E-state index contributed by atoms with van der Waals surface area (Å²) in [6, 6.07) is 13.6. The number of halogens is 3. The van der Waals surface area contributed by atoms with Gasteiger partial charge >= 0.3 is 5.69 Å². The molecule has 10 heteroatoms. The summed E-state index contributed by atoms with van der Waals surface area (Å²) < 4.78 is 6.44. The lowest BCUT2D eigenvalue weighted by atomic mass is 10.2. The Morgan fingerprint density at radius 2 is 2.00 bits per heavy atom. The SMILES string of the molecule is O=[N+]([O-])c1cccnc1N/N=C\c1cc(Cl)c(OCc2ccc(Cl)cc2)c(Br)c1. The lowest BCUT2D eigenvalue weighted by Crippen LogP contribution is -1.99. The van der Waals surface area contributed by atoms with Gasteiger partial charge in [0.15, 0.2) is 5.75 Å². The molecule has 3 aromatic rings. The van der Waals surface area contributed by atoms with Crippen LogP contribution in [0, 0.1) is 10.1 Å². The maximum absolute atomic E-state index is 11.0. The summed E-state index contributed by atoms with van der Waals surface area (Å²) in [4.78, 5) is 14.4. The molecule has 0 bridgehead atoms. The van der Waals surface area contributed by atoms with Crippen LogP contribution in [0.4, 0.5) is 11.5 Å². The number of aromatic nitrogens is 1. The van der Waals surface area contributed by atoms with E-state index in [1.54, 1.807) is 24.3 Å². The first kappa shape index (κ1) is 21.0. The molecule has 1 N–H and O–H groups in total. The zero-order valence-corrected chi connectivity index (χ0v) is 17.8. The molecule has 0 aliphatic rings. The third-order valence-electron chi connectivity index (χ3n) is 3.68. The fraction of sp³-hybridized carbons (Fsp3) is 0.0526. The van der Waals surface area contributed by atoms with E-state index in [0.29, 0.717) is 32.4 Å². The summed E-state index contributed by atoms with van der Waals surface area (Å²) in [6.45, 7) is 0.327. The quantitative estimate of drug-likeness (QED) is 0.243. The van der Waals surface area contributed by atoms with E-state index in [4.69, 9.17) is 27.9 Å². The van der Waals surface area contributed by atoms with Crippen LogP contribution >= 0.6 is 39.1 Å². The Labute approximate surface area is 184 Å². The number of hydrazone groups is 1. The molecule has 7 nitrogen and oxygen atoms in total. The predicted molar refractivity (Wildman–Crippen MR) is 117 cm³/mol. The number of nitro groups is 1. The van der Waals surface area contributed by atoms with Crippen molar-refractivity contribution in [2.75, 3.05) is 5.43 Å². The minimum Gasteiger partial charge on any atom is -0.486 e. The summed E-state index contributed by atoms with van der Waals surface area (Å²) in [7, 11) is 0. The Balaban J connectivity index is 1.69. The van der Waals surface area contributed by atoms with Crippen molar-refractivity contribution in [2.24, 2.45) is 5.10 Å². The van der Waals surface area contributed by atoms with E-state index in [1.165, 1.54) is 24.5 Å². The van der Waals surface area contributed by atoms with E-state index < -0.39 is 4.92 Å². The van der Waals surface area contributed by atoms with Crippen molar-refractivity contribution in [3.8, 4) is 5.75 Å². The molecule has 3 rings (SSSR count). The summed E-state index contributed by atoms with van der Waals surface area (Å²) in [5, 5.41) is 16.0. The highest BCUT2D eigenvalue weighted by Gasteiger charge is 2.13. The van der Waals surface area contributed by atoms with E-state index in [0.717, 1.165) is 5.56 Å². The van der Waals surface area contributed by atoms with Gasteiger partial charge in [-0.15, -0.1) is 0 Å². The van der Waals surface area contributed by atoms with E-state index in [-0.39, 0.29) is 11.5 Å². The molecule has 0 unspecified atom stereocenters. The lowest BCUT2D eigenvalue weighted by molar-refractivity contribution is -0.384. The molecule has 2 aromatic carbocycles. The fourth-order valence-electron chi connectivity index (χ4n) is 2.33. The topological polar surface area (TPSA) is 89.7 Å². The van der Waals surface area contributed by atoms with Crippen LogP contribution in [0.15, 0.2) is 64.3 Å². The van der Waals surface area contributed by atoms with Crippen molar-refractivity contribution < 1.29 is 9.66 Å². The maximum atomic E-state index is 11.0. The van der Waals surface area contributed by atoms with Gasteiger partial charge in [0, 0.05) is 17.3 Å². The van der Waals surface area contributed by atoms with Crippen LogP contribution in [0.1, 0.15) is 11.1 Å². The molecule has 148 valence electrons. The Bertz CT molecular complexity index is 1040. The smallest absolute Gasteiger partial charge is 0.313 e. The number of hydrogen-bond donors (Lipinski definition) is 1. The number of nitrogens with zero attached hydrogens (tertiary/aromatic N) is 3. The number of nitrogens with one attached hydrogen (secondary N) is 1. The second-order valence-corrected chi connectivity index (χ2v) is 7.43. The van der Waals surface area contributed by atoms with E-state index in [9.17, 15) is 10.1 Å². The third-order valence-corrected chi connectivity index (χ3v) is 4.81. The molecular formula is C19H13BrCl2N4O3. The highest BCUT2D eigenvalue weighted by molar-refractivity contribution is 9.10. The van der Waals surface area contributed by atoms with Crippen LogP contribution in [-0.2, 0) is 6.61 Å². The maximum Gasteiger partial charge on any atom is 0.313 e. The Morgan fingerprint density at radius 1 is 1.24 bits per heavy atom. The first-order valence-corrected chi connectivity index (χ1v) is 9.73. The fourth-order valence-corrected chi connectivity index (χ4v) is 3.44. The third kappa shape index (κ3) is 5.66. The van der Waals surface area contributed by atoms with Gasteiger partial charge in [0.1, 0.15) is 6.61 Å². The molecule has 0 spiro atoms. The minimum atomic E-state index is -0.537. The van der Waals surface area contributed by atoms with Crippen molar-refractivity contribution in [3.05, 3.63) is 90.5 Å². The van der Waals surface area contributed by atoms with Gasteiger partial charge in [0.25, 0.3) is 0 Å². The first-order valence-electron chi connectivity index (χ1n) is 8.19. The van der Waals surface area contributed by atoms with Crippen LogP contribution in [-0.4, -0.2) is 16.1 Å². The van der Waals surface area contributed by atoms with Crippen LogP contribution in [0.2, 0.25) is 10.0 Å². The van der Waals surface area contributed by atoms with Crippen molar-refractivity contribution in [1.82, 2.24) is 4.98 Å². The molecular weight excluding hydrogens is 483 g/mol. The Hall–Kier alpha value is -2.68. The molecule has 0 atom stereocenters. The van der Waals surface area contributed by atoms with Gasteiger partial charge in [0.05, 0.1) is 20.6 Å². The van der Waals surface area contributed by atoms with Crippen molar-refractivity contribution >= 4 is 56.9 Å². The molecule has 1 heterocycles. The van der Waals surface area contributed by atoms with Gasteiger partial charge in [-0.25, -0.2) is 4.98 Å². The average Bonchev–Trinajstić information content (AvgIpc) is 2.69. The minimum absolute atomic E-state index is 0.0434. The number of benzene rings is 2. The van der Waals surface area contributed by atoms with Gasteiger partial charge in [-0.05, 0) is 57.4 Å². The molecule has 0 saturated carbocycles. The highest BCUT2D eigenvalue weighted by atomic mass is 79.9. The number of anilines is 1. The molecule has 0 radical (unpaired) electrons. The number of rotatable bonds is 7. The Kier molecular flexibility index (Phi) is 7.03. The standard InChI is InChI=1S/C19H13BrCl2N4O3/c20-15-8-13(10-24-25-19-17(26(27)28)2-1-7-23-19)9-16(22)18(15)29-11-12-3-5-14(21)6-4-12/h1-10H,11H2,(H,23,25)/b24-10-. The largest absolute Gasteiger partial charge is 0.486 e. The van der Waals surface area contributed by atoms with Crippen molar-refractivity contribution in [1.29, 1.82) is 0 Å². The van der Waals surface area contributed by atoms with Crippen molar-refractivity contribution in [2.45, 2.75) is 6.61 Å². The van der Waals surface area contributed by atoms with Crippen molar-refractivity contribution in [3.63, 3.8) is 0 Å². The summed E-state index contributed by atoms with van der Waals surface area (Å²) >= 11 is 15.6. The normalized spacial score (nSPS) is 10.9. The second kappa shape index (κ2) is 9.69. The molecule has 0 fully saturated rings. The first-order chi connectivity index (χ1) is 13.9. The molecule has 0 amide bonds. The molecule has 0 saturated heterocycles. The Morgan fingerprint density at radius 3 is 2.69 bits per heavy atom. The summed E-state index contributed by atoms with van der Waals surface area (Å²) in [5.41, 5.74) is 4.00. The number of pyridine rings is 1. The highest BCUT2D eigenvalue weighted by Crippen LogP contribution is 2.34. The zero-order valence-electron chi connectivity index (χ0n) is 14.7. The van der Waals surface area contributed by atoms with Crippen LogP contribution < -0.4 is 10.2 Å². The molecule has 0 aliphatic heterocycles. The van der Waals surface area contributed by atoms with Crippen LogP contribution in [0.3, 0.4) is 0 Å². The van der Waals surface area contributed by atoms with Crippen LogP contribution in [0.5, 0.6) is 5.75 Å². The van der Waals surface area contributed by atoms with Crippen LogP contribution in [0.25, 0.3) is 0 Å². The van der Waals surface area contributed by atoms with E-state index >= 15 is 0 Å². The number of ether oxygens (including phenoxy) is 1. The van der Waals surface area contributed by atoms with Gasteiger partial charge in [-0.1, -0.05) is 35.3 Å². The van der Waals surface area contributed by atoms with E-state index in [2.05, 4.69) is 31.4 Å². The average molecular weight is 496 g/mol. The molecule has 29 heavy (non-hydrogen) atoms. The predicted octanol–water partition coefficient (Wildman–Crippen LogP) is 6.08. The molecule has 1 aromatic heterocycles. The lowest BCUT2D eigenvalue weighted by Gasteiger charge is -2.11. The summed E-state index contributed by atoms with van der Waals surface area (Å²) in [5.74, 6) is 0.536. The van der Waals surface area contributed by atoms with Gasteiger partial charge in [-0.3, -0.25) is 15.5 Å². The zero-order chi connectivity index (χ0) is 20.8. The summed E-state index contributed by atoms with van der Waals surface area (Å²) in [6.07, 6.45) is 2.91. The number of hydrogen-bond acceptors (Lipinski definition) is 6.